The van der Waals surface area contributed by atoms with Crippen molar-refractivity contribution in [3.05, 3.63) is 23.8 Å². The second kappa shape index (κ2) is 8.26. The molecule has 0 bridgehead atoms. The van der Waals surface area contributed by atoms with Crippen molar-refractivity contribution in [3.8, 4) is 0 Å². The number of hydrogen-bond acceptors (Lipinski definition) is 5. The number of aryl methyl sites for hydroxylation is 1. The van der Waals surface area contributed by atoms with Crippen LogP contribution in [0, 0.1) is 12.8 Å². The average molecular weight is 418 g/mol. The number of nitrogens with zero attached hydrogens (tertiary/aromatic N) is 2. The van der Waals surface area contributed by atoms with Crippen LogP contribution < -0.4 is 5.32 Å². The van der Waals surface area contributed by atoms with Gasteiger partial charge in [-0.1, -0.05) is 6.07 Å². The third-order valence-corrected chi connectivity index (χ3v) is 8.42. The van der Waals surface area contributed by atoms with Crippen molar-refractivity contribution in [3.63, 3.8) is 0 Å². The van der Waals surface area contributed by atoms with Gasteiger partial charge in [-0.25, -0.2) is 25.4 Å². The number of rotatable bonds is 6. The van der Waals surface area contributed by atoms with Gasteiger partial charge in [-0.15, -0.1) is 0 Å². The lowest BCUT2D eigenvalue weighted by Crippen LogP contribution is -2.44. The molecular weight excluding hydrogens is 390 g/mol. The van der Waals surface area contributed by atoms with Crippen LogP contribution in [0.25, 0.3) is 0 Å². The van der Waals surface area contributed by atoms with Crippen LogP contribution in [0.2, 0.25) is 0 Å². The van der Waals surface area contributed by atoms with Gasteiger partial charge >= 0.3 is 0 Å². The molecule has 8 nitrogen and oxygen atoms in total. The Morgan fingerprint density at radius 2 is 1.93 bits per heavy atom. The number of nitrogens with one attached hydrogen (secondary N) is 1. The Kier molecular flexibility index (Phi) is 6.67. The van der Waals surface area contributed by atoms with Crippen LogP contribution in [0.3, 0.4) is 0 Å². The molecule has 0 saturated carbocycles. The zero-order chi connectivity index (χ0) is 20.4. The Morgan fingerprint density at radius 1 is 1.26 bits per heavy atom. The van der Waals surface area contributed by atoms with Crippen molar-refractivity contribution in [1.29, 1.82) is 0 Å². The van der Waals surface area contributed by atoms with E-state index in [-0.39, 0.29) is 23.1 Å². The van der Waals surface area contributed by atoms with E-state index >= 15 is 0 Å². The molecular formula is C17H27N3O5S2. The first kappa shape index (κ1) is 21.8. The monoisotopic (exact) mass is 417 g/mol. The van der Waals surface area contributed by atoms with Gasteiger partial charge in [0, 0.05) is 32.9 Å². The van der Waals surface area contributed by atoms with Crippen molar-refractivity contribution in [2.24, 2.45) is 5.92 Å². The molecule has 1 aromatic rings. The molecule has 152 valence electrons. The Bertz CT molecular complexity index is 910. The molecule has 0 spiro atoms. The summed E-state index contributed by atoms with van der Waals surface area (Å²) in [5.41, 5.74) is 1.15. The predicted molar refractivity (Wildman–Crippen MR) is 104 cm³/mol. The highest BCUT2D eigenvalue weighted by Crippen LogP contribution is 2.25. The summed E-state index contributed by atoms with van der Waals surface area (Å²) in [6.07, 6.45) is 1.21. The normalized spacial score (nSPS) is 19.2. The van der Waals surface area contributed by atoms with E-state index in [2.05, 4.69) is 5.32 Å². The maximum atomic E-state index is 12.7. The van der Waals surface area contributed by atoms with Crippen molar-refractivity contribution in [2.45, 2.75) is 31.6 Å². The van der Waals surface area contributed by atoms with Gasteiger partial charge in [0.1, 0.15) is 0 Å². The first-order valence-corrected chi connectivity index (χ1v) is 11.9. The SMILES string of the molecule is CCS(=O)(=O)N1CCCC(C(=O)Nc2cc(S(=O)(=O)N(C)C)ccc2C)C1. The van der Waals surface area contributed by atoms with Gasteiger partial charge in [0.25, 0.3) is 0 Å². The maximum Gasteiger partial charge on any atom is 0.242 e. The highest BCUT2D eigenvalue weighted by molar-refractivity contribution is 7.89. The van der Waals surface area contributed by atoms with Gasteiger partial charge in [0.05, 0.1) is 16.6 Å². The van der Waals surface area contributed by atoms with Gasteiger partial charge in [-0.3, -0.25) is 4.79 Å². The molecule has 1 aliphatic rings. The van der Waals surface area contributed by atoms with Gasteiger partial charge < -0.3 is 5.32 Å². The molecule has 1 N–H and O–H groups in total. The van der Waals surface area contributed by atoms with Crippen LogP contribution in [-0.4, -0.2) is 64.3 Å². The minimum atomic E-state index is -3.61. The lowest BCUT2D eigenvalue weighted by molar-refractivity contribution is -0.120. The van der Waals surface area contributed by atoms with E-state index in [1.54, 1.807) is 19.9 Å². The number of piperidine rings is 1. The Labute approximate surface area is 161 Å². The minimum absolute atomic E-state index is 0.00485. The summed E-state index contributed by atoms with van der Waals surface area (Å²) in [6, 6.07) is 4.57. The molecule has 1 amide bonds. The van der Waals surface area contributed by atoms with Crippen molar-refractivity contribution >= 4 is 31.6 Å². The molecule has 1 aromatic carbocycles. The number of carbonyl (C=O) groups is 1. The van der Waals surface area contributed by atoms with Crippen molar-refractivity contribution in [1.82, 2.24) is 8.61 Å². The van der Waals surface area contributed by atoms with E-state index < -0.39 is 26.0 Å². The maximum absolute atomic E-state index is 12.7. The van der Waals surface area contributed by atoms with Crippen molar-refractivity contribution < 1.29 is 21.6 Å². The number of carbonyl (C=O) groups excluding carboxylic acids is 1. The Balaban J connectivity index is 2.20. The van der Waals surface area contributed by atoms with Gasteiger partial charge in [-0.2, -0.15) is 0 Å². The molecule has 1 unspecified atom stereocenters. The molecule has 1 atom stereocenters. The standard InChI is InChI=1S/C17H27N3O5S2/c1-5-26(22,23)20-10-6-7-14(12-20)17(21)18-16-11-15(9-8-13(16)2)27(24,25)19(3)4/h8-9,11,14H,5-7,10,12H2,1-4H3,(H,18,21). The van der Waals surface area contributed by atoms with E-state index in [9.17, 15) is 21.6 Å². The molecule has 0 aliphatic carbocycles. The summed E-state index contributed by atoms with van der Waals surface area (Å²) in [5, 5.41) is 2.78. The second-order valence-corrected chi connectivity index (χ2v) is 11.3. The lowest BCUT2D eigenvalue weighted by Gasteiger charge is -2.31. The Morgan fingerprint density at radius 3 is 2.52 bits per heavy atom. The van der Waals surface area contributed by atoms with Crippen LogP contribution in [0.1, 0.15) is 25.3 Å². The zero-order valence-corrected chi connectivity index (χ0v) is 17.7. The quantitative estimate of drug-likeness (QED) is 0.750. The molecule has 2 rings (SSSR count). The number of sulfonamides is 2. The summed E-state index contributed by atoms with van der Waals surface area (Å²) in [4.78, 5) is 12.8. The van der Waals surface area contributed by atoms with E-state index in [1.165, 1.54) is 30.5 Å². The van der Waals surface area contributed by atoms with E-state index in [0.29, 0.717) is 25.1 Å². The van der Waals surface area contributed by atoms with E-state index in [1.807, 2.05) is 0 Å². The average Bonchev–Trinajstić information content (AvgIpc) is 2.63. The van der Waals surface area contributed by atoms with Crippen LogP contribution in [0.15, 0.2) is 23.1 Å². The van der Waals surface area contributed by atoms with Crippen molar-refractivity contribution in [2.75, 3.05) is 38.3 Å². The molecule has 1 saturated heterocycles. The fourth-order valence-corrected chi connectivity index (χ4v) is 5.04. The molecule has 1 fully saturated rings. The first-order chi connectivity index (χ1) is 12.5. The largest absolute Gasteiger partial charge is 0.326 e. The number of benzene rings is 1. The minimum Gasteiger partial charge on any atom is -0.326 e. The highest BCUT2D eigenvalue weighted by Gasteiger charge is 2.31. The predicted octanol–water partition coefficient (Wildman–Crippen LogP) is 1.25. The smallest absolute Gasteiger partial charge is 0.242 e. The zero-order valence-electron chi connectivity index (χ0n) is 16.1. The van der Waals surface area contributed by atoms with Crippen LogP contribution >= 0.6 is 0 Å². The third kappa shape index (κ3) is 4.87. The molecule has 0 radical (unpaired) electrons. The molecule has 1 aliphatic heterocycles. The van der Waals surface area contributed by atoms with Gasteiger partial charge in [0.15, 0.2) is 0 Å². The summed E-state index contributed by atoms with van der Waals surface area (Å²) in [5.74, 6) is -0.757. The summed E-state index contributed by atoms with van der Waals surface area (Å²) < 4.78 is 51.2. The second-order valence-electron chi connectivity index (χ2n) is 6.85. The van der Waals surface area contributed by atoms with Gasteiger partial charge in [-0.05, 0) is 44.4 Å². The number of amides is 1. The molecule has 10 heteroatoms. The van der Waals surface area contributed by atoms with E-state index in [0.717, 1.165) is 9.87 Å². The molecule has 1 heterocycles. The van der Waals surface area contributed by atoms with Crippen LogP contribution in [0.4, 0.5) is 5.69 Å². The number of hydrogen-bond donors (Lipinski definition) is 1. The first-order valence-electron chi connectivity index (χ1n) is 8.81. The lowest BCUT2D eigenvalue weighted by atomic mass is 9.98. The third-order valence-electron chi connectivity index (χ3n) is 4.76. The van der Waals surface area contributed by atoms with Crippen LogP contribution in [0.5, 0.6) is 0 Å². The van der Waals surface area contributed by atoms with Gasteiger partial charge in [0.2, 0.25) is 26.0 Å². The topological polar surface area (TPSA) is 104 Å². The highest BCUT2D eigenvalue weighted by atomic mass is 32.2. The molecule has 27 heavy (non-hydrogen) atoms. The molecule has 0 aromatic heterocycles. The Hall–Kier alpha value is -1.49. The fourth-order valence-electron chi connectivity index (χ4n) is 2.93. The van der Waals surface area contributed by atoms with E-state index in [4.69, 9.17) is 0 Å². The summed E-state index contributed by atoms with van der Waals surface area (Å²) >= 11 is 0. The van der Waals surface area contributed by atoms with Crippen LogP contribution in [-0.2, 0) is 24.8 Å². The fraction of sp³-hybridized carbons (Fsp3) is 0.588. The summed E-state index contributed by atoms with van der Waals surface area (Å²) in [7, 11) is -4.06. The number of anilines is 1. The summed E-state index contributed by atoms with van der Waals surface area (Å²) in [6.45, 7) is 3.93.